The van der Waals surface area contributed by atoms with Gasteiger partial charge in [-0.3, -0.25) is 0 Å². The summed E-state index contributed by atoms with van der Waals surface area (Å²) in [5.74, 6) is 1.10. The molecule has 0 saturated heterocycles. The first-order chi connectivity index (χ1) is 5.40. The quantitative estimate of drug-likeness (QED) is 0.675. The second kappa shape index (κ2) is 4.86. The van der Waals surface area contributed by atoms with Gasteiger partial charge in [0.15, 0.2) is 0 Å². The zero-order valence-corrected chi connectivity index (χ0v) is 9.22. The molecule has 2 atom stereocenters. The highest BCUT2D eigenvalue weighted by Gasteiger charge is 2.27. The Bertz CT molecular complexity index is 116. The van der Waals surface area contributed by atoms with Gasteiger partial charge in [0.25, 0.3) is 0 Å². The van der Waals surface area contributed by atoms with Crippen LogP contribution in [0.25, 0.3) is 0 Å². The summed E-state index contributed by atoms with van der Waals surface area (Å²) in [4.78, 5) is 0. The molecule has 0 aromatic rings. The van der Waals surface area contributed by atoms with Crippen LogP contribution in [-0.2, 0) is 0 Å². The molecule has 0 radical (unpaired) electrons. The molecule has 1 nitrogen and oxygen atoms in total. The molecule has 1 heteroatoms. The van der Waals surface area contributed by atoms with E-state index in [1.54, 1.807) is 0 Å². The highest BCUT2D eigenvalue weighted by molar-refractivity contribution is 4.79. The largest absolute Gasteiger partial charge is 0.390 e. The summed E-state index contributed by atoms with van der Waals surface area (Å²) in [7, 11) is 0. The Morgan fingerprint density at radius 1 is 1.25 bits per heavy atom. The van der Waals surface area contributed by atoms with Crippen molar-refractivity contribution in [1.82, 2.24) is 0 Å². The topological polar surface area (TPSA) is 20.2 Å². The van der Waals surface area contributed by atoms with Gasteiger partial charge in [-0.25, -0.2) is 0 Å². The van der Waals surface area contributed by atoms with E-state index in [9.17, 15) is 5.11 Å². The Morgan fingerprint density at radius 3 is 2.08 bits per heavy atom. The van der Waals surface area contributed by atoms with Crippen LogP contribution in [0.1, 0.15) is 53.9 Å². The average Bonchev–Trinajstić information content (AvgIpc) is 1.85. The second-order valence-electron chi connectivity index (χ2n) is 4.64. The van der Waals surface area contributed by atoms with Gasteiger partial charge in [0.05, 0.1) is 5.60 Å². The van der Waals surface area contributed by atoms with Crippen LogP contribution < -0.4 is 0 Å². The second-order valence-corrected chi connectivity index (χ2v) is 4.64. The molecule has 0 heterocycles. The molecular weight excluding hydrogens is 148 g/mol. The Balaban J connectivity index is 3.96. The van der Waals surface area contributed by atoms with Crippen molar-refractivity contribution in [2.24, 2.45) is 11.8 Å². The third kappa shape index (κ3) is 4.10. The van der Waals surface area contributed by atoms with E-state index in [1.807, 2.05) is 6.92 Å². The van der Waals surface area contributed by atoms with E-state index in [0.717, 1.165) is 19.3 Å². The minimum atomic E-state index is -0.459. The van der Waals surface area contributed by atoms with Crippen molar-refractivity contribution in [2.45, 2.75) is 59.5 Å². The summed E-state index contributed by atoms with van der Waals surface area (Å²) in [5.41, 5.74) is -0.459. The number of hydrogen-bond acceptors (Lipinski definition) is 1. The third-order valence-electron chi connectivity index (χ3n) is 2.64. The lowest BCUT2D eigenvalue weighted by atomic mass is 9.82. The molecule has 0 bridgehead atoms. The lowest BCUT2D eigenvalue weighted by molar-refractivity contribution is -0.00996. The highest BCUT2D eigenvalue weighted by Crippen LogP contribution is 2.27. The van der Waals surface area contributed by atoms with Crippen LogP contribution in [0.3, 0.4) is 0 Å². The van der Waals surface area contributed by atoms with Gasteiger partial charge in [-0.15, -0.1) is 0 Å². The third-order valence-corrected chi connectivity index (χ3v) is 2.64. The van der Waals surface area contributed by atoms with Gasteiger partial charge in [-0.2, -0.15) is 0 Å². The van der Waals surface area contributed by atoms with E-state index in [0.29, 0.717) is 11.8 Å². The van der Waals surface area contributed by atoms with E-state index in [-0.39, 0.29) is 0 Å². The Labute approximate surface area is 77.2 Å². The van der Waals surface area contributed by atoms with E-state index in [1.165, 1.54) is 0 Å². The van der Waals surface area contributed by atoms with Crippen LogP contribution in [0.2, 0.25) is 0 Å². The summed E-state index contributed by atoms with van der Waals surface area (Å²) in [5, 5.41) is 10.0. The first-order valence-electron chi connectivity index (χ1n) is 5.12. The van der Waals surface area contributed by atoms with Crippen molar-refractivity contribution >= 4 is 0 Å². The van der Waals surface area contributed by atoms with Gasteiger partial charge in [0.2, 0.25) is 0 Å². The fourth-order valence-corrected chi connectivity index (χ4v) is 1.71. The zero-order valence-electron chi connectivity index (χ0n) is 9.22. The lowest BCUT2D eigenvalue weighted by Crippen LogP contribution is -2.33. The molecule has 12 heavy (non-hydrogen) atoms. The Hall–Kier alpha value is -0.0400. The standard InChI is InChI=1S/C11H24O/c1-6-7-11(5,12)10(4)8-9(2)3/h9-10,12H,6-8H2,1-5H3. The fraction of sp³-hybridized carbons (Fsp3) is 1.00. The van der Waals surface area contributed by atoms with E-state index < -0.39 is 5.60 Å². The van der Waals surface area contributed by atoms with Crippen molar-refractivity contribution in [3.05, 3.63) is 0 Å². The minimum Gasteiger partial charge on any atom is -0.390 e. The molecule has 2 unspecified atom stereocenters. The molecule has 0 aliphatic heterocycles. The Kier molecular flexibility index (Phi) is 4.84. The van der Waals surface area contributed by atoms with Crippen molar-refractivity contribution in [2.75, 3.05) is 0 Å². The van der Waals surface area contributed by atoms with E-state index in [4.69, 9.17) is 0 Å². The maximum Gasteiger partial charge on any atom is 0.0645 e. The van der Waals surface area contributed by atoms with Crippen LogP contribution in [-0.4, -0.2) is 10.7 Å². The molecule has 0 aromatic carbocycles. The van der Waals surface area contributed by atoms with Crippen LogP contribution in [0, 0.1) is 11.8 Å². The fourth-order valence-electron chi connectivity index (χ4n) is 1.71. The van der Waals surface area contributed by atoms with Crippen LogP contribution in [0.15, 0.2) is 0 Å². The summed E-state index contributed by atoms with van der Waals surface area (Å²) in [6.45, 7) is 10.6. The first kappa shape index (κ1) is 12.0. The predicted octanol–water partition coefficient (Wildman–Crippen LogP) is 3.22. The van der Waals surface area contributed by atoms with Crippen LogP contribution in [0.5, 0.6) is 0 Å². The van der Waals surface area contributed by atoms with Gasteiger partial charge in [0, 0.05) is 0 Å². The van der Waals surface area contributed by atoms with Gasteiger partial charge in [-0.05, 0) is 31.6 Å². The molecule has 0 spiro atoms. The summed E-state index contributed by atoms with van der Waals surface area (Å²) in [6.07, 6.45) is 3.10. The Morgan fingerprint density at radius 2 is 1.75 bits per heavy atom. The smallest absolute Gasteiger partial charge is 0.0645 e. The number of aliphatic hydroxyl groups is 1. The molecule has 0 aliphatic carbocycles. The van der Waals surface area contributed by atoms with Gasteiger partial charge in [-0.1, -0.05) is 34.1 Å². The monoisotopic (exact) mass is 172 g/mol. The normalized spacial score (nSPS) is 19.2. The SMILES string of the molecule is CCCC(C)(O)C(C)CC(C)C. The van der Waals surface area contributed by atoms with Crippen molar-refractivity contribution in [3.63, 3.8) is 0 Å². The van der Waals surface area contributed by atoms with Crippen molar-refractivity contribution in [1.29, 1.82) is 0 Å². The van der Waals surface area contributed by atoms with Crippen LogP contribution >= 0.6 is 0 Å². The van der Waals surface area contributed by atoms with Gasteiger partial charge >= 0.3 is 0 Å². The van der Waals surface area contributed by atoms with Crippen LogP contribution in [0.4, 0.5) is 0 Å². The maximum atomic E-state index is 10.0. The number of rotatable bonds is 5. The molecular formula is C11H24O. The van der Waals surface area contributed by atoms with Crippen molar-refractivity contribution in [3.8, 4) is 0 Å². The average molecular weight is 172 g/mol. The lowest BCUT2D eigenvalue weighted by Gasteiger charge is -2.31. The van der Waals surface area contributed by atoms with Crippen molar-refractivity contribution < 1.29 is 5.11 Å². The molecule has 0 aromatic heterocycles. The highest BCUT2D eigenvalue weighted by atomic mass is 16.3. The summed E-state index contributed by atoms with van der Waals surface area (Å²) < 4.78 is 0. The zero-order chi connectivity index (χ0) is 9.78. The molecule has 0 rings (SSSR count). The van der Waals surface area contributed by atoms with E-state index >= 15 is 0 Å². The summed E-state index contributed by atoms with van der Waals surface area (Å²) >= 11 is 0. The maximum absolute atomic E-state index is 10.0. The van der Waals surface area contributed by atoms with Gasteiger partial charge < -0.3 is 5.11 Å². The molecule has 74 valence electrons. The first-order valence-corrected chi connectivity index (χ1v) is 5.12. The molecule has 0 saturated carbocycles. The molecule has 0 aliphatic rings. The number of hydrogen-bond donors (Lipinski definition) is 1. The molecule has 1 N–H and O–H groups in total. The predicted molar refractivity (Wildman–Crippen MR) is 54.2 cm³/mol. The minimum absolute atomic E-state index is 0.414. The molecule has 0 fully saturated rings. The summed E-state index contributed by atoms with van der Waals surface area (Å²) in [6, 6.07) is 0. The van der Waals surface area contributed by atoms with E-state index in [2.05, 4.69) is 27.7 Å². The molecule has 0 amide bonds. The van der Waals surface area contributed by atoms with Gasteiger partial charge in [0.1, 0.15) is 0 Å².